The Morgan fingerprint density at radius 2 is 1.34 bits per heavy atom. The van der Waals surface area contributed by atoms with Gasteiger partial charge in [0.25, 0.3) is 10.0 Å². The largest absolute Gasteiger partial charge is 0.352 e. The molecule has 0 aromatic heterocycles. The van der Waals surface area contributed by atoms with Gasteiger partial charge in [0.15, 0.2) is 0 Å². The van der Waals surface area contributed by atoms with Gasteiger partial charge in [-0.15, -0.1) is 0 Å². The van der Waals surface area contributed by atoms with E-state index in [1.807, 2.05) is 30.3 Å². The number of amides is 2. The molecule has 5 rings (SSSR count). The molecule has 0 radical (unpaired) electrons. The van der Waals surface area contributed by atoms with Gasteiger partial charge in [-0.1, -0.05) is 114 Å². The molecule has 0 saturated heterocycles. The van der Waals surface area contributed by atoms with E-state index in [1.54, 1.807) is 36.4 Å². The van der Waals surface area contributed by atoms with E-state index in [-0.39, 0.29) is 50.6 Å². The lowest BCUT2D eigenvalue weighted by Gasteiger charge is -2.34. The van der Waals surface area contributed by atoms with E-state index in [4.69, 9.17) is 46.4 Å². The number of hydrogen-bond acceptors (Lipinski definition) is 4. The Kier molecular flexibility index (Phi) is 11.7. The van der Waals surface area contributed by atoms with Gasteiger partial charge in [-0.05, 0) is 66.4 Å². The van der Waals surface area contributed by atoms with Gasteiger partial charge in [-0.25, -0.2) is 8.42 Å². The monoisotopic (exact) mass is 731 g/mol. The SMILES string of the molecule is O=C(NC1CCCC1)[C@@H](Cc1ccccc1)N(Cc1ccc(Cl)c(Cl)c1)C(=O)CN(c1ccc(Cl)c(Cl)c1)S(=O)(=O)c1ccccc1. The lowest BCUT2D eigenvalue weighted by atomic mass is 10.0. The van der Waals surface area contributed by atoms with Crippen LogP contribution in [-0.4, -0.2) is 43.8 Å². The summed E-state index contributed by atoms with van der Waals surface area (Å²) in [6, 6.07) is 25.5. The van der Waals surface area contributed by atoms with E-state index >= 15 is 0 Å². The lowest BCUT2D eigenvalue weighted by molar-refractivity contribution is -0.140. The van der Waals surface area contributed by atoms with Crippen LogP contribution in [0, 0.1) is 0 Å². The van der Waals surface area contributed by atoms with E-state index < -0.39 is 28.5 Å². The molecule has 12 heteroatoms. The second-order valence-corrected chi connectivity index (χ2v) is 14.9. The summed E-state index contributed by atoms with van der Waals surface area (Å²) >= 11 is 25.0. The highest BCUT2D eigenvalue weighted by atomic mass is 35.5. The van der Waals surface area contributed by atoms with Crippen LogP contribution in [0.15, 0.2) is 102 Å². The van der Waals surface area contributed by atoms with E-state index in [2.05, 4.69) is 5.32 Å². The second kappa shape index (κ2) is 15.8. The van der Waals surface area contributed by atoms with Gasteiger partial charge in [0.05, 0.1) is 30.7 Å². The van der Waals surface area contributed by atoms with Crippen LogP contribution in [0.2, 0.25) is 20.1 Å². The number of nitrogens with zero attached hydrogens (tertiary/aromatic N) is 2. The molecule has 2 amide bonds. The van der Waals surface area contributed by atoms with Crippen molar-refractivity contribution in [2.75, 3.05) is 10.8 Å². The summed E-state index contributed by atoms with van der Waals surface area (Å²) in [4.78, 5) is 30.1. The van der Waals surface area contributed by atoms with E-state index in [9.17, 15) is 18.0 Å². The quantitative estimate of drug-likeness (QED) is 0.159. The standard InChI is InChI=1S/C35H33Cl4N3O4S/c36-29-17-15-25(19-31(29)38)22-41(33(20-24-9-3-1-4-10-24)35(44)40-26-11-7-8-12-26)34(43)23-42(27-16-18-30(37)32(39)21-27)47(45,46)28-13-5-2-6-14-28/h1-6,9-10,13-19,21,26,33H,7-8,11-12,20,22-23H2,(H,40,44)/t33-/m1/s1. The van der Waals surface area contributed by atoms with Crippen molar-refractivity contribution >= 4 is 73.9 Å². The third-order valence-electron chi connectivity index (χ3n) is 8.11. The third-order valence-corrected chi connectivity index (χ3v) is 11.4. The zero-order chi connectivity index (χ0) is 33.6. The Labute approximate surface area is 295 Å². The number of carbonyl (C=O) groups excluding carboxylic acids is 2. The summed E-state index contributed by atoms with van der Waals surface area (Å²) < 4.78 is 29.2. The van der Waals surface area contributed by atoms with E-state index in [0.717, 1.165) is 35.6 Å². The van der Waals surface area contributed by atoms with Crippen molar-refractivity contribution in [1.29, 1.82) is 0 Å². The molecule has 1 aliphatic carbocycles. The highest BCUT2D eigenvalue weighted by Crippen LogP contribution is 2.31. The number of anilines is 1. The number of hydrogen-bond donors (Lipinski definition) is 1. The Morgan fingerprint density at radius 1 is 0.745 bits per heavy atom. The molecule has 1 fully saturated rings. The molecule has 0 unspecified atom stereocenters. The van der Waals surface area contributed by atoms with Gasteiger partial charge in [0, 0.05) is 19.0 Å². The minimum atomic E-state index is -4.28. The molecule has 7 nitrogen and oxygen atoms in total. The maximum absolute atomic E-state index is 14.6. The van der Waals surface area contributed by atoms with Gasteiger partial charge in [0.2, 0.25) is 11.8 Å². The first-order chi connectivity index (χ1) is 22.5. The minimum absolute atomic E-state index is 0.00568. The van der Waals surface area contributed by atoms with E-state index in [0.29, 0.717) is 10.6 Å². The highest BCUT2D eigenvalue weighted by Gasteiger charge is 2.35. The van der Waals surface area contributed by atoms with Crippen LogP contribution < -0.4 is 9.62 Å². The highest BCUT2D eigenvalue weighted by molar-refractivity contribution is 7.92. The molecule has 4 aromatic rings. The number of nitrogens with one attached hydrogen (secondary N) is 1. The van der Waals surface area contributed by atoms with Crippen LogP contribution in [0.4, 0.5) is 5.69 Å². The topological polar surface area (TPSA) is 86.8 Å². The van der Waals surface area contributed by atoms with Crippen LogP contribution in [-0.2, 0) is 32.6 Å². The molecular weight excluding hydrogens is 700 g/mol. The zero-order valence-electron chi connectivity index (χ0n) is 25.3. The number of benzene rings is 4. The summed E-state index contributed by atoms with van der Waals surface area (Å²) in [7, 11) is -4.28. The van der Waals surface area contributed by atoms with Crippen LogP contribution in [0.1, 0.15) is 36.8 Å². The normalized spacial score (nSPS) is 14.0. The summed E-state index contributed by atoms with van der Waals surface area (Å²) in [5.74, 6) is -0.926. The Morgan fingerprint density at radius 3 is 1.96 bits per heavy atom. The smallest absolute Gasteiger partial charge is 0.264 e. The van der Waals surface area contributed by atoms with Crippen LogP contribution in [0.5, 0.6) is 0 Å². The van der Waals surface area contributed by atoms with Crippen molar-refractivity contribution in [3.05, 3.63) is 128 Å². The average Bonchev–Trinajstić information content (AvgIpc) is 3.58. The first-order valence-electron chi connectivity index (χ1n) is 15.1. The predicted octanol–water partition coefficient (Wildman–Crippen LogP) is 8.19. The van der Waals surface area contributed by atoms with Crippen LogP contribution >= 0.6 is 46.4 Å². The summed E-state index contributed by atoms with van der Waals surface area (Å²) in [6.07, 6.45) is 3.92. The van der Waals surface area contributed by atoms with Gasteiger partial charge in [-0.3, -0.25) is 13.9 Å². The number of sulfonamides is 1. The first-order valence-corrected chi connectivity index (χ1v) is 18.1. The third kappa shape index (κ3) is 8.80. The van der Waals surface area contributed by atoms with Crippen molar-refractivity contribution in [2.24, 2.45) is 0 Å². The Hall–Kier alpha value is -3.27. The van der Waals surface area contributed by atoms with Gasteiger partial charge in [0.1, 0.15) is 12.6 Å². The zero-order valence-corrected chi connectivity index (χ0v) is 29.1. The fourth-order valence-corrected chi connectivity index (χ4v) is 7.68. The van der Waals surface area contributed by atoms with Crippen molar-refractivity contribution in [1.82, 2.24) is 10.2 Å². The molecule has 1 atom stereocenters. The van der Waals surface area contributed by atoms with E-state index in [1.165, 1.54) is 35.2 Å². The molecule has 1 aliphatic rings. The molecule has 0 aliphatic heterocycles. The Bertz CT molecular complexity index is 1820. The number of rotatable bonds is 12. The van der Waals surface area contributed by atoms with Crippen molar-refractivity contribution in [3.63, 3.8) is 0 Å². The maximum atomic E-state index is 14.6. The molecule has 47 heavy (non-hydrogen) atoms. The number of carbonyl (C=O) groups is 2. The molecule has 246 valence electrons. The second-order valence-electron chi connectivity index (χ2n) is 11.4. The molecule has 1 saturated carbocycles. The maximum Gasteiger partial charge on any atom is 0.264 e. The molecule has 0 spiro atoms. The fraction of sp³-hybridized carbons (Fsp3) is 0.257. The summed E-state index contributed by atoms with van der Waals surface area (Å²) in [6.45, 7) is -0.662. The molecule has 0 heterocycles. The lowest BCUT2D eigenvalue weighted by Crippen LogP contribution is -2.54. The molecule has 1 N–H and O–H groups in total. The Balaban J connectivity index is 1.58. The predicted molar refractivity (Wildman–Crippen MR) is 189 cm³/mol. The van der Waals surface area contributed by atoms with Crippen molar-refractivity contribution in [2.45, 2.75) is 55.6 Å². The fourth-order valence-electron chi connectivity index (χ4n) is 5.64. The average molecular weight is 734 g/mol. The first kappa shape index (κ1) is 35.0. The number of halogens is 4. The van der Waals surface area contributed by atoms with Crippen molar-refractivity contribution in [3.8, 4) is 0 Å². The van der Waals surface area contributed by atoms with Crippen LogP contribution in [0.3, 0.4) is 0 Å². The molecule has 4 aromatic carbocycles. The van der Waals surface area contributed by atoms with Gasteiger partial charge in [-0.2, -0.15) is 0 Å². The molecular formula is C35H33Cl4N3O4S. The summed E-state index contributed by atoms with van der Waals surface area (Å²) in [5.41, 5.74) is 1.59. The summed E-state index contributed by atoms with van der Waals surface area (Å²) in [5, 5.41) is 4.13. The van der Waals surface area contributed by atoms with Gasteiger partial charge >= 0.3 is 0 Å². The minimum Gasteiger partial charge on any atom is -0.352 e. The molecule has 0 bridgehead atoms. The van der Waals surface area contributed by atoms with Crippen LogP contribution in [0.25, 0.3) is 0 Å². The van der Waals surface area contributed by atoms with Gasteiger partial charge < -0.3 is 10.2 Å². The van der Waals surface area contributed by atoms with Crippen molar-refractivity contribution < 1.29 is 18.0 Å².